The molecule has 0 aromatic carbocycles. The summed E-state index contributed by atoms with van der Waals surface area (Å²) in [5.74, 6) is 0.722. The maximum atomic E-state index is 10.8. The third kappa shape index (κ3) is 9.99. The number of aliphatic hydroxyl groups is 1. The molecule has 0 fully saturated rings. The average Bonchev–Trinajstić information content (AvgIpc) is 2.02. The first-order valence-corrected chi connectivity index (χ1v) is 6.53. The van der Waals surface area contributed by atoms with Crippen molar-refractivity contribution < 1.29 is 9.32 Å². The fourth-order valence-electron chi connectivity index (χ4n) is 1.17. The van der Waals surface area contributed by atoms with Gasteiger partial charge in [-0.1, -0.05) is 0 Å². The van der Waals surface area contributed by atoms with Gasteiger partial charge in [0.1, 0.15) is 0 Å². The van der Waals surface area contributed by atoms with Gasteiger partial charge < -0.3 is 10.4 Å². The summed E-state index contributed by atoms with van der Waals surface area (Å²) in [7, 11) is -0.707. The Hall–Kier alpha value is 0.0700. The quantitative estimate of drug-likeness (QED) is 0.570. The van der Waals surface area contributed by atoms with Crippen molar-refractivity contribution in [1.29, 1.82) is 0 Å². The summed E-state index contributed by atoms with van der Waals surface area (Å²) in [6.45, 7) is 3.29. The molecular formula is C9H21NO2S. The van der Waals surface area contributed by atoms with Crippen LogP contribution in [0.25, 0.3) is 0 Å². The zero-order valence-electron chi connectivity index (χ0n) is 8.58. The standard InChI is InChI=1S/C9H21NO2S/c1-9(8-13(2)12)10-6-4-3-5-7-11/h9-11H,3-8H2,1-2H3. The second-order valence-corrected chi connectivity index (χ2v) is 4.86. The summed E-state index contributed by atoms with van der Waals surface area (Å²) in [5.41, 5.74) is 0. The highest BCUT2D eigenvalue weighted by molar-refractivity contribution is 7.84. The van der Waals surface area contributed by atoms with E-state index in [1.54, 1.807) is 6.26 Å². The van der Waals surface area contributed by atoms with E-state index < -0.39 is 10.8 Å². The first-order valence-electron chi connectivity index (χ1n) is 4.81. The second-order valence-electron chi connectivity index (χ2n) is 3.38. The summed E-state index contributed by atoms with van der Waals surface area (Å²) >= 11 is 0. The summed E-state index contributed by atoms with van der Waals surface area (Å²) in [6, 6.07) is 0.333. The van der Waals surface area contributed by atoms with Gasteiger partial charge in [-0.3, -0.25) is 4.21 Å². The molecule has 0 aromatic rings. The van der Waals surface area contributed by atoms with Crippen LogP contribution in [0.1, 0.15) is 26.2 Å². The van der Waals surface area contributed by atoms with E-state index in [4.69, 9.17) is 5.11 Å². The van der Waals surface area contributed by atoms with Gasteiger partial charge in [0.15, 0.2) is 0 Å². The fourth-order valence-corrected chi connectivity index (χ4v) is 2.00. The molecule has 4 heteroatoms. The number of hydrogen-bond acceptors (Lipinski definition) is 3. The molecule has 0 bridgehead atoms. The molecule has 0 aliphatic heterocycles. The van der Waals surface area contributed by atoms with E-state index in [9.17, 15) is 4.21 Å². The molecule has 0 saturated heterocycles. The first-order chi connectivity index (χ1) is 6.16. The van der Waals surface area contributed by atoms with Gasteiger partial charge in [0.25, 0.3) is 0 Å². The fraction of sp³-hybridized carbons (Fsp3) is 1.00. The smallest absolute Gasteiger partial charge is 0.0431 e. The molecule has 0 aromatic heterocycles. The lowest BCUT2D eigenvalue weighted by Crippen LogP contribution is -2.31. The maximum absolute atomic E-state index is 10.8. The molecule has 0 radical (unpaired) electrons. The van der Waals surface area contributed by atoms with E-state index in [0.29, 0.717) is 6.04 Å². The largest absolute Gasteiger partial charge is 0.396 e. The summed E-state index contributed by atoms with van der Waals surface area (Å²) < 4.78 is 10.8. The summed E-state index contributed by atoms with van der Waals surface area (Å²) in [4.78, 5) is 0. The van der Waals surface area contributed by atoms with Crippen LogP contribution in [0.4, 0.5) is 0 Å². The molecule has 0 amide bonds. The molecule has 2 unspecified atom stereocenters. The van der Waals surface area contributed by atoms with Crippen LogP contribution in [-0.2, 0) is 10.8 Å². The lowest BCUT2D eigenvalue weighted by atomic mass is 10.2. The number of hydrogen-bond donors (Lipinski definition) is 2. The zero-order chi connectivity index (χ0) is 10.1. The van der Waals surface area contributed by atoms with Crippen molar-refractivity contribution in [3.63, 3.8) is 0 Å². The molecule has 0 heterocycles. The first kappa shape index (κ1) is 13.1. The van der Waals surface area contributed by atoms with Crippen molar-refractivity contribution >= 4 is 10.8 Å². The monoisotopic (exact) mass is 207 g/mol. The van der Waals surface area contributed by atoms with Crippen LogP contribution in [0.15, 0.2) is 0 Å². The Labute approximate surface area is 83.4 Å². The van der Waals surface area contributed by atoms with Crippen molar-refractivity contribution in [2.45, 2.75) is 32.2 Å². The molecule has 0 aliphatic carbocycles. The predicted octanol–water partition coefficient (Wildman–Crippen LogP) is 0.506. The molecule has 0 saturated carbocycles. The lowest BCUT2D eigenvalue weighted by Gasteiger charge is -2.11. The minimum Gasteiger partial charge on any atom is -0.396 e. The van der Waals surface area contributed by atoms with E-state index in [1.165, 1.54) is 0 Å². The van der Waals surface area contributed by atoms with Gasteiger partial charge in [0.2, 0.25) is 0 Å². The van der Waals surface area contributed by atoms with Gasteiger partial charge in [-0.25, -0.2) is 0 Å². The Morgan fingerprint density at radius 2 is 2.08 bits per heavy atom. The van der Waals surface area contributed by atoms with E-state index >= 15 is 0 Å². The van der Waals surface area contributed by atoms with E-state index in [-0.39, 0.29) is 6.61 Å². The third-order valence-corrected chi connectivity index (χ3v) is 2.78. The van der Waals surface area contributed by atoms with Crippen LogP contribution in [0.2, 0.25) is 0 Å². The molecule has 0 spiro atoms. The predicted molar refractivity (Wildman–Crippen MR) is 57.3 cm³/mol. The summed E-state index contributed by atoms with van der Waals surface area (Å²) in [5, 5.41) is 11.8. The van der Waals surface area contributed by atoms with Crippen molar-refractivity contribution in [2.24, 2.45) is 0 Å². The van der Waals surface area contributed by atoms with Gasteiger partial charge in [-0.2, -0.15) is 0 Å². The molecule has 2 N–H and O–H groups in total. The minimum atomic E-state index is -0.707. The lowest BCUT2D eigenvalue weighted by molar-refractivity contribution is 0.282. The third-order valence-electron chi connectivity index (χ3n) is 1.81. The number of nitrogens with one attached hydrogen (secondary N) is 1. The molecule has 0 aliphatic rings. The van der Waals surface area contributed by atoms with Crippen LogP contribution in [-0.4, -0.2) is 40.5 Å². The van der Waals surface area contributed by atoms with Crippen LogP contribution in [0, 0.1) is 0 Å². The highest BCUT2D eigenvalue weighted by atomic mass is 32.2. The molecule has 80 valence electrons. The zero-order valence-corrected chi connectivity index (χ0v) is 9.40. The van der Waals surface area contributed by atoms with Crippen LogP contribution in [0.5, 0.6) is 0 Å². The second kappa shape index (κ2) is 8.66. The van der Waals surface area contributed by atoms with E-state index in [0.717, 1.165) is 31.6 Å². The SMILES string of the molecule is CC(CS(C)=O)NCCCCCO. The Morgan fingerprint density at radius 1 is 1.38 bits per heavy atom. The summed E-state index contributed by atoms with van der Waals surface area (Å²) in [6.07, 6.45) is 4.76. The Balaban J connectivity index is 3.17. The molecule has 0 rings (SSSR count). The van der Waals surface area contributed by atoms with E-state index in [2.05, 4.69) is 5.32 Å². The Morgan fingerprint density at radius 3 is 2.62 bits per heavy atom. The van der Waals surface area contributed by atoms with Crippen molar-refractivity contribution in [3.8, 4) is 0 Å². The van der Waals surface area contributed by atoms with E-state index in [1.807, 2.05) is 6.92 Å². The van der Waals surface area contributed by atoms with Gasteiger partial charge in [0, 0.05) is 35.5 Å². The Bertz CT molecular complexity index is 142. The molecule has 2 atom stereocenters. The topological polar surface area (TPSA) is 49.3 Å². The average molecular weight is 207 g/mol. The minimum absolute atomic E-state index is 0.286. The van der Waals surface area contributed by atoms with Gasteiger partial charge in [-0.15, -0.1) is 0 Å². The number of aliphatic hydroxyl groups excluding tert-OH is 1. The van der Waals surface area contributed by atoms with Crippen molar-refractivity contribution in [1.82, 2.24) is 5.32 Å². The maximum Gasteiger partial charge on any atom is 0.0431 e. The number of rotatable bonds is 8. The van der Waals surface area contributed by atoms with Gasteiger partial charge in [0.05, 0.1) is 0 Å². The number of unbranched alkanes of at least 4 members (excludes halogenated alkanes) is 2. The molecule has 13 heavy (non-hydrogen) atoms. The Kier molecular flexibility index (Phi) is 8.71. The van der Waals surface area contributed by atoms with Crippen LogP contribution in [0.3, 0.4) is 0 Å². The van der Waals surface area contributed by atoms with Crippen LogP contribution >= 0.6 is 0 Å². The highest BCUT2D eigenvalue weighted by Gasteiger charge is 2.01. The van der Waals surface area contributed by atoms with Crippen LogP contribution < -0.4 is 5.32 Å². The van der Waals surface area contributed by atoms with Gasteiger partial charge >= 0.3 is 0 Å². The normalized spacial score (nSPS) is 15.6. The van der Waals surface area contributed by atoms with Gasteiger partial charge in [-0.05, 0) is 32.7 Å². The van der Waals surface area contributed by atoms with Crippen molar-refractivity contribution in [3.05, 3.63) is 0 Å². The molecule has 3 nitrogen and oxygen atoms in total. The van der Waals surface area contributed by atoms with Crippen molar-refractivity contribution in [2.75, 3.05) is 25.2 Å². The molecular weight excluding hydrogens is 186 g/mol. The highest BCUT2D eigenvalue weighted by Crippen LogP contribution is 1.93.